The minimum absolute atomic E-state index is 0.290. The normalized spacial score (nSPS) is 30.9. The summed E-state index contributed by atoms with van der Waals surface area (Å²) in [5.41, 5.74) is 1.88. The van der Waals surface area contributed by atoms with E-state index in [1.54, 1.807) is 14.2 Å². The van der Waals surface area contributed by atoms with Gasteiger partial charge < -0.3 is 28.4 Å². The first-order valence-electron chi connectivity index (χ1n) is 9.03. The predicted octanol–water partition coefficient (Wildman–Crippen LogP) is 3.20. The molecule has 6 heteroatoms. The second-order valence-corrected chi connectivity index (χ2v) is 6.53. The first-order valence-corrected chi connectivity index (χ1v) is 9.03. The van der Waals surface area contributed by atoms with Crippen LogP contribution in [0.25, 0.3) is 0 Å². The Morgan fingerprint density at radius 3 is 1.96 bits per heavy atom. The highest BCUT2D eigenvalue weighted by atomic mass is 16.8. The molecule has 5 atom stereocenters. The molecule has 0 radical (unpaired) electrons. The highest BCUT2D eigenvalue weighted by Crippen LogP contribution is 2.39. The molecule has 6 nitrogen and oxygen atoms in total. The van der Waals surface area contributed by atoms with Crippen molar-refractivity contribution in [1.29, 1.82) is 0 Å². The van der Waals surface area contributed by atoms with Crippen LogP contribution in [-0.2, 0) is 28.4 Å². The molecule has 0 bridgehead atoms. The fourth-order valence-electron chi connectivity index (χ4n) is 3.50. The van der Waals surface area contributed by atoms with E-state index >= 15 is 0 Å². The van der Waals surface area contributed by atoms with Gasteiger partial charge in [0.2, 0.25) is 0 Å². The van der Waals surface area contributed by atoms with Crippen molar-refractivity contribution in [2.24, 2.45) is 0 Å². The fraction of sp³-hybridized carbons (Fsp3) is 0.429. The van der Waals surface area contributed by atoms with E-state index in [9.17, 15) is 0 Å². The highest BCUT2D eigenvalue weighted by molar-refractivity contribution is 5.18. The number of hydrogen-bond acceptors (Lipinski definition) is 6. The SMILES string of the molecule is COC(OC)C1OC(c2ccccc2)OC2COC(c3ccccc3)OC21. The summed E-state index contributed by atoms with van der Waals surface area (Å²) in [6, 6.07) is 19.6. The Morgan fingerprint density at radius 2 is 1.37 bits per heavy atom. The minimum atomic E-state index is -0.581. The Kier molecular flexibility index (Phi) is 5.83. The zero-order chi connectivity index (χ0) is 18.6. The van der Waals surface area contributed by atoms with Crippen molar-refractivity contribution in [3.63, 3.8) is 0 Å². The highest BCUT2D eigenvalue weighted by Gasteiger charge is 2.48. The quantitative estimate of drug-likeness (QED) is 0.752. The summed E-state index contributed by atoms with van der Waals surface area (Å²) in [6.07, 6.45) is -2.73. The molecule has 0 amide bonds. The van der Waals surface area contributed by atoms with Crippen LogP contribution in [0.4, 0.5) is 0 Å². The van der Waals surface area contributed by atoms with Crippen LogP contribution in [0.3, 0.4) is 0 Å². The fourth-order valence-corrected chi connectivity index (χ4v) is 3.50. The topological polar surface area (TPSA) is 55.4 Å². The Hall–Kier alpha value is -1.80. The van der Waals surface area contributed by atoms with Gasteiger partial charge in [-0.25, -0.2) is 0 Å². The molecule has 4 rings (SSSR count). The van der Waals surface area contributed by atoms with E-state index in [4.69, 9.17) is 28.4 Å². The van der Waals surface area contributed by atoms with E-state index in [1.807, 2.05) is 60.7 Å². The largest absolute Gasteiger partial charge is 0.353 e. The Balaban J connectivity index is 1.58. The predicted molar refractivity (Wildman–Crippen MR) is 96.7 cm³/mol. The molecule has 2 heterocycles. The maximum absolute atomic E-state index is 6.23. The van der Waals surface area contributed by atoms with Gasteiger partial charge in [-0.2, -0.15) is 0 Å². The zero-order valence-electron chi connectivity index (χ0n) is 15.4. The van der Waals surface area contributed by atoms with Crippen molar-refractivity contribution in [3.05, 3.63) is 71.8 Å². The molecule has 2 aliphatic rings. The van der Waals surface area contributed by atoms with Crippen LogP contribution in [-0.4, -0.2) is 45.4 Å². The lowest BCUT2D eigenvalue weighted by molar-refractivity contribution is -0.387. The molecule has 0 aromatic heterocycles. The summed E-state index contributed by atoms with van der Waals surface area (Å²) in [6.45, 7) is 0.396. The molecule has 2 aromatic rings. The van der Waals surface area contributed by atoms with Crippen LogP contribution in [0.2, 0.25) is 0 Å². The summed E-state index contributed by atoms with van der Waals surface area (Å²) >= 11 is 0. The van der Waals surface area contributed by atoms with Crippen LogP contribution >= 0.6 is 0 Å². The van der Waals surface area contributed by atoms with Crippen LogP contribution < -0.4 is 0 Å². The smallest absolute Gasteiger partial charge is 0.185 e. The van der Waals surface area contributed by atoms with Gasteiger partial charge >= 0.3 is 0 Å². The van der Waals surface area contributed by atoms with Gasteiger partial charge in [0.05, 0.1) is 6.61 Å². The van der Waals surface area contributed by atoms with E-state index in [0.717, 1.165) is 11.1 Å². The molecule has 0 saturated carbocycles. The lowest BCUT2D eigenvalue weighted by atomic mass is 10.0. The van der Waals surface area contributed by atoms with Crippen LogP contribution in [0.1, 0.15) is 23.7 Å². The van der Waals surface area contributed by atoms with Crippen LogP contribution in [0.15, 0.2) is 60.7 Å². The Labute approximate surface area is 158 Å². The third kappa shape index (κ3) is 3.91. The molecule has 2 aromatic carbocycles. The first kappa shape index (κ1) is 18.6. The van der Waals surface area contributed by atoms with Crippen molar-refractivity contribution < 1.29 is 28.4 Å². The molecule has 0 spiro atoms. The summed E-state index contributed by atoms with van der Waals surface area (Å²) < 4.78 is 35.5. The van der Waals surface area contributed by atoms with E-state index in [-0.39, 0.29) is 12.2 Å². The third-order valence-electron chi connectivity index (χ3n) is 4.84. The molecular weight excluding hydrogens is 348 g/mol. The van der Waals surface area contributed by atoms with Gasteiger partial charge in [0.1, 0.15) is 18.3 Å². The van der Waals surface area contributed by atoms with E-state index < -0.39 is 25.0 Å². The lowest BCUT2D eigenvalue weighted by Gasteiger charge is -2.47. The van der Waals surface area contributed by atoms with Gasteiger partial charge in [-0.15, -0.1) is 0 Å². The molecule has 5 unspecified atom stereocenters. The molecule has 0 aliphatic carbocycles. The van der Waals surface area contributed by atoms with Gasteiger partial charge in [0.25, 0.3) is 0 Å². The van der Waals surface area contributed by atoms with Gasteiger partial charge in [-0.05, 0) is 0 Å². The number of ether oxygens (including phenoxy) is 6. The standard InChI is InChI=1S/C21H24O6/c1-22-21(23-2)18-17-16(25-20(27-18)15-11-7-4-8-12-15)13-24-19(26-17)14-9-5-3-6-10-14/h3-12,16-21H,13H2,1-2H3. The summed E-state index contributed by atoms with van der Waals surface area (Å²) in [4.78, 5) is 0. The van der Waals surface area contributed by atoms with Crippen LogP contribution in [0, 0.1) is 0 Å². The number of methoxy groups -OCH3 is 2. The average molecular weight is 372 g/mol. The average Bonchev–Trinajstić information content (AvgIpc) is 2.75. The van der Waals surface area contributed by atoms with Gasteiger partial charge in [-0.3, -0.25) is 0 Å². The van der Waals surface area contributed by atoms with Crippen molar-refractivity contribution >= 4 is 0 Å². The molecule has 2 saturated heterocycles. The second-order valence-electron chi connectivity index (χ2n) is 6.53. The van der Waals surface area contributed by atoms with E-state index in [2.05, 4.69) is 0 Å². The molecule has 2 fully saturated rings. The monoisotopic (exact) mass is 372 g/mol. The maximum Gasteiger partial charge on any atom is 0.185 e. The van der Waals surface area contributed by atoms with Crippen molar-refractivity contribution in [1.82, 2.24) is 0 Å². The molecule has 0 N–H and O–H groups in total. The Morgan fingerprint density at radius 1 is 0.778 bits per heavy atom. The summed E-state index contributed by atoms with van der Waals surface area (Å²) in [7, 11) is 3.18. The molecule has 27 heavy (non-hydrogen) atoms. The molecule has 144 valence electrons. The van der Waals surface area contributed by atoms with Crippen LogP contribution in [0.5, 0.6) is 0 Å². The number of benzene rings is 2. The third-order valence-corrected chi connectivity index (χ3v) is 4.84. The van der Waals surface area contributed by atoms with Crippen molar-refractivity contribution in [2.45, 2.75) is 37.2 Å². The number of fused-ring (bicyclic) bond motifs is 1. The van der Waals surface area contributed by atoms with Crippen molar-refractivity contribution in [2.75, 3.05) is 20.8 Å². The number of hydrogen-bond donors (Lipinski definition) is 0. The van der Waals surface area contributed by atoms with E-state index in [1.165, 1.54) is 0 Å². The van der Waals surface area contributed by atoms with Crippen molar-refractivity contribution in [3.8, 4) is 0 Å². The first-order chi connectivity index (χ1) is 13.3. The number of rotatable bonds is 5. The second kappa shape index (κ2) is 8.48. The maximum atomic E-state index is 6.23. The van der Waals surface area contributed by atoms with E-state index in [0.29, 0.717) is 6.61 Å². The summed E-state index contributed by atoms with van der Waals surface area (Å²) in [5, 5.41) is 0. The Bertz CT molecular complexity index is 705. The van der Waals surface area contributed by atoms with Gasteiger partial charge in [-0.1, -0.05) is 60.7 Å². The summed E-state index contributed by atoms with van der Waals surface area (Å²) in [5.74, 6) is 0. The molecular formula is C21H24O6. The van der Waals surface area contributed by atoms with Gasteiger partial charge in [0.15, 0.2) is 18.9 Å². The minimum Gasteiger partial charge on any atom is -0.353 e. The lowest BCUT2D eigenvalue weighted by Crippen LogP contribution is -2.58. The molecule has 2 aliphatic heterocycles. The zero-order valence-corrected chi connectivity index (χ0v) is 15.4. The van der Waals surface area contributed by atoms with Gasteiger partial charge in [0, 0.05) is 25.3 Å².